The van der Waals surface area contributed by atoms with Crippen LogP contribution in [-0.4, -0.2) is 42.1 Å². The Morgan fingerprint density at radius 1 is 1.41 bits per heavy atom. The van der Waals surface area contributed by atoms with Crippen LogP contribution in [0, 0.1) is 0 Å². The van der Waals surface area contributed by atoms with Gasteiger partial charge in [-0.25, -0.2) is 8.42 Å². The SMILES string of the molecule is CCCC1CCCCN1S(=O)(=O)CCC(=O)O. The first kappa shape index (κ1) is 14.4. The minimum atomic E-state index is -3.40. The second kappa shape index (κ2) is 6.35. The fourth-order valence-corrected chi connectivity index (χ4v) is 4.03. The Hall–Kier alpha value is -0.620. The maximum atomic E-state index is 12.0. The number of aliphatic carboxylic acids is 1. The summed E-state index contributed by atoms with van der Waals surface area (Å²) in [5.74, 6) is -1.33. The molecule has 0 aromatic carbocycles. The van der Waals surface area contributed by atoms with Gasteiger partial charge in [0.05, 0.1) is 12.2 Å². The van der Waals surface area contributed by atoms with Gasteiger partial charge in [-0.05, 0) is 19.3 Å². The molecular weight excluding hydrogens is 242 g/mol. The molecule has 17 heavy (non-hydrogen) atoms. The van der Waals surface area contributed by atoms with Gasteiger partial charge in [0.25, 0.3) is 0 Å². The van der Waals surface area contributed by atoms with E-state index in [4.69, 9.17) is 5.11 Å². The molecule has 6 heteroatoms. The van der Waals surface area contributed by atoms with Crippen molar-refractivity contribution >= 4 is 16.0 Å². The molecule has 0 aliphatic carbocycles. The van der Waals surface area contributed by atoms with Crippen LogP contribution in [0.25, 0.3) is 0 Å². The molecule has 100 valence electrons. The average Bonchev–Trinajstić information content (AvgIpc) is 2.28. The lowest BCUT2D eigenvalue weighted by Gasteiger charge is -2.34. The van der Waals surface area contributed by atoms with Crippen LogP contribution in [0.2, 0.25) is 0 Å². The number of rotatable bonds is 6. The summed E-state index contributed by atoms with van der Waals surface area (Å²) >= 11 is 0. The van der Waals surface area contributed by atoms with Crippen molar-refractivity contribution in [2.24, 2.45) is 0 Å². The molecular formula is C11H21NO4S. The van der Waals surface area contributed by atoms with E-state index < -0.39 is 16.0 Å². The Kier molecular flexibility index (Phi) is 5.39. The third kappa shape index (κ3) is 4.27. The maximum Gasteiger partial charge on any atom is 0.304 e. The lowest BCUT2D eigenvalue weighted by Crippen LogP contribution is -2.44. The van der Waals surface area contributed by atoms with Crippen LogP contribution in [-0.2, 0) is 14.8 Å². The number of hydrogen-bond donors (Lipinski definition) is 1. The molecule has 0 saturated carbocycles. The van der Waals surface area contributed by atoms with Gasteiger partial charge in [-0.2, -0.15) is 4.31 Å². The Morgan fingerprint density at radius 3 is 2.71 bits per heavy atom. The van der Waals surface area contributed by atoms with E-state index in [0.717, 1.165) is 32.1 Å². The highest BCUT2D eigenvalue weighted by Gasteiger charge is 2.31. The molecule has 1 saturated heterocycles. The molecule has 1 aliphatic rings. The number of piperidine rings is 1. The zero-order chi connectivity index (χ0) is 12.9. The molecule has 1 atom stereocenters. The number of sulfonamides is 1. The molecule has 1 aliphatic heterocycles. The molecule has 1 fully saturated rings. The van der Waals surface area contributed by atoms with Crippen molar-refractivity contribution < 1.29 is 18.3 Å². The lowest BCUT2D eigenvalue weighted by molar-refractivity contribution is -0.136. The second-order valence-electron chi connectivity index (χ2n) is 4.51. The third-order valence-electron chi connectivity index (χ3n) is 3.13. The summed E-state index contributed by atoms with van der Waals surface area (Å²) in [6.45, 7) is 2.59. The first-order valence-corrected chi connectivity index (χ1v) is 7.79. The first-order chi connectivity index (χ1) is 7.97. The van der Waals surface area contributed by atoms with E-state index in [1.807, 2.05) is 6.92 Å². The topological polar surface area (TPSA) is 74.7 Å². The van der Waals surface area contributed by atoms with E-state index in [0.29, 0.717) is 6.54 Å². The standard InChI is InChI=1S/C11H21NO4S/c1-2-5-10-6-3-4-8-12(10)17(15,16)9-7-11(13)14/h10H,2-9H2,1H3,(H,13,14). The van der Waals surface area contributed by atoms with Gasteiger partial charge in [0.1, 0.15) is 0 Å². The predicted octanol–water partition coefficient (Wildman–Crippen LogP) is 1.45. The van der Waals surface area contributed by atoms with Crippen LogP contribution in [0.1, 0.15) is 45.4 Å². The van der Waals surface area contributed by atoms with E-state index in [1.54, 1.807) is 0 Å². The number of carboxylic acid groups (broad SMARTS) is 1. The molecule has 1 unspecified atom stereocenters. The summed E-state index contributed by atoms with van der Waals surface area (Å²) in [5.41, 5.74) is 0. The minimum absolute atomic E-state index is 0.0764. The zero-order valence-corrected chi connectivity index (χ0v) is 11.1. The van der Waals surface area contributed by atoms with Crippen LogP contribution in [0.4, 0.5) is 0 Å². The van der Waals surface area contributed by atoms with Gasteiger partial charge in [-0.1, -0.05) is 19.8 Å². The van der Waals surface area contributed by atoms with E-state index in [2.05, 4.69) is 0 Å². The van der Waals surface area contributed by atoms with E-state index in [9.17, 15) is 13.2 Å². The van der Waals surface area contributed by atoms with Crippen LogP contribution >= 0.6 is 0 Å². The summed E-state index contributed by atoms with van der Waals surface area (Å²) < 4.78 is 25.6. The summed E-state index contributed by atoms with van der Waals surface area (Å²) in [5, 5.41) is 8.56. The largest absolute Gasteiger partial charge is 0.481 e. The monoisotopic (exact) mass is 263 g/mol. The van der Waals surface area contributed by atoms with E-state index in [1.165, 1.54) is 4.31 Å². The van der Waals surface area contributed by atoms with E-state index >= 15 is 0 Å². The van der Waals surface area contributed by atoms with Crippen molar-refractivity contribution in [3.63, 3.8) is 0 Å². The lowest BCUT2D eigenvalue weighted by atomic mass is 10.0. The van der Waals surface area contributed by atoms with Crippen molar-refractivity contribution in [2.45, 2.75) is 51.5 Å². The molecule has 1 N–H and O–H groups in total. The molecule has 0 aromatic heterocycles. The smallest absolute Gasteiger partial charge is 0.304 e. The highest BCUT2D eigenvalue weighted by molar-refractivity contribution is 7.89. The van der Waals surface area contributed by atoms with Crippen LogP contribution in [0.3, 0.4) is 0 Å². The molecule has 0 bridgehead atoms. The maximum absolute atomic E-state index is 12.0. The quantitative estimate of drug-likeness (QED) is 0.787. The highest BCUT2D eigenvalue weighted by atomic mass is 32.2. The van der Waals surface area contributed by atoms with Crippen molar-refractivity contribution in [3.05, 3.63) is 0 Å². The van der Waals surface area contributed by atoms with Gasteiger partial charge < -0.3 is 5.11 Å². The van der Waals surface area contributed by atoms with Gasteiger partial charge in [0, 0.05) is 12.6 Å². The fraction of sp³-hybridized carbons (Fsp3) is 0.909. The highest BCUT2D eigenvalue weighted by Crippen LogP contribution is 2.24. The van der Waals surface area contributed by atoms with E-state index in [-0.39, 0.29) is 18.2 Å². The van der Waals surface area contributed by atoms with Crippen LogP contribution < -0.4 is 0 Å². The molecule has 1 heterocycles. The third-order valence-corrected chi connectivity index (χ3v) is 5.04. The normalized spacial score (nSPS) is 22.5. The number of carbonyl (C=O) groups is 1. The number of hydrogen-bond acceptors (Lipinski definition) is 3. The Balaban J connectivity index is 2.68. The summed E-state index contributed by atoms with van der Waals surface area (Å²) in [6.07, 6.45) is 4.36. The first-order valence-electron chi connectivity index (χ1n) is 6.18. The fourth-order valence-electron chi connectivity index (χ4n) is 2.30. The van der Waals surface area contributed by atoms with Crippen molar-refractivity contribution in [2.75, 3.05) is 12.3 Å². The average molecular weight is 263 g/mol. The predicted molar refractivity (Wildman–Crippen MR) is 65.3 cm³/mol. The number of nitrogens with zero attached hydrogens (tertiary/aromatic N) is 1. The molecule has 5 nitrogen and oxygen atoms in total. The van der Waals surface area contributed by atoms with Crippen molar-refractivity contribution in [3.8, 4) is 0 Å². The van der Waals surface area contributed by atoms with Gasteiger partial charge >= 0.3 is 5.97 Å². The van der Waals surface area contributed by atoms with Crippen molar-refractivity contribution in [1.82, 2.24) is 4.31 Å². The van der Waals surface area contributed by atoms with Crippen LogP contribution in [0.15, 0.2) is 0 Å². The molecule has 0 amide bonds. The Morgan fingerprint density at radius 2 is 2.12 bits per heavy atom. The van der Waals surface area contributed by atoms with Gasteiger partial charge in [0.2, 0.25) is 10.0 Å². The molecule has 0 spiro atoms. The van der Waals surface area contributed by atoms with Gasteiger partial charge in [-0.15, -0.1) is 0 Å². The number of carboxylic acids is 1. The summed E-state index contributed by atoms with van der Waals surface area (Å²) in [4.78, 5) is 10.5. The second-order valence-corrected chi connectivity index (χ2v) is 6.55. The summed E-state index contributed by atoms with van der Waals surface area (Å²) in [6, 6.07) is 0.0764. The molecule has 0 aromatic rings. The minimum Gasteiger partial charge on any atom is -0.481 e. The Bertz CT molecular complexity index is 350. The van der Waals surface area contributed by atoms with Crippen molar-refractivity contribution in [1.29, 1.82) is 0 Å². The van der Waals surface area contributed by atoms with Crippen LogP contribution in [0.5, 0.6) is 0 Å². The zero-order valence-electron chi connectivity index (χ0n) is 10.3. The molecule has 0 radical (unpaired) electrons. The van der Waals surface area contributed by atoms with Gasteiger partial charge in [0.15, 0.2) is 0 Å². The summed E-state index contributed by atoms with van der Waals surface area (Å²) in [7, 11) is -3.40. The molecule has 1 rings (SSSR count). The van der Waals surface area contributed by atoms with Gasteiger partial charge in [-0.3, -0.25) is 4.79 Å². The Labute approximate surface area is 103 Å².